The Balaban J connectivity index is 1.91. The van der Waals surface area contributed by atoms with Crippen molar-refractivity contribution >= 4 is 17.5 Å². The topological polar surface area (TPSA) is 20.3 Å². The van der Waals surface area contributed by atoms with E-state index >= 15 is 0 Å². The summed E-state index contributed by atoms with van der Waals surface area (Å²) in [6, 6.07) is 10.2. The van der Waals surface area contributed by atoms with Gasteiger partial charge in [0.2, 0.25) is 5.91 Å². The maximum Gasteiger partial charge on any atom is 0.223 e. The van der Waals surface area contributed by atoms with E-state index in [-0.39, 0.29) is 5.91 Å². The highest BCUT2D eigenvalue weighted by atomic mass is 35.5. The quantitative estimate of drug-likeness (QED) is 0.555. The number of benzene rings is 1. The zero-order valence-corrected chi connectivity index (χ0v) is 13.5. The fourth-order valence-electron chi connectivity index (χ4n) is 3.14. The fraction of sp³-hybridized carbons (Fsp3) is 0.611. The normalized spacial score (nSPS) is 16.4. The summed E-state index contributed by atoms with van der Waals surface area (Å²) in [4.78, 5) is 14.5. The van der Waals surface area contributed by atoms with Crippen LogP contribution in [0.1, 0.15) is 50.5 Å². The van der Waals surface area contributed by atoms with E-state index in [0.717, 1.165) is 0 Å². The molecule has 0 N–H and O–H groups in total. The standard InChI is InChI=1S/C18H26ClNO/c19-12-13-20(15-17-10-6-3-7-11-17)18(21)14-16-8-4-1-2-5-9-16/h3,6-7,10-11,16H,1-2,4-5,8-9,12-15H2. The first-order valence-electron chi connectivity index (χ1n) is 8.17. The minimum absolute atomic E-state index is 0.270. The third-order valence-electron chi connectivity index (χ3n) is 4.36. The lowest BCUT2D eigenvalue weighted by atomic mass is 9.96. The van der Waals surface area contributed by atoms with Gasteiger partial charge in [-0.25, -0.2) is 0 Å². The second-order valence-corrected chi connectivity index (χ2v) is 6.43. The number of alkyl halides is 1. The van der Waals surface area contributed by atoms with Crippen LogP contribution < -0.4 is 0 Å². The Bertz CT molecular complexity index is 412. The first kappa shape index (κ1) is 16.4. The Hall–Kier alpha value is -1.02. The lowest BCUT2D eigenvalue weighted by Crippen LogP contribution is -2.33. The Labute approximate surface area is 133 Å². The van der Waals surface area contributed by atoms with Crippen molar-refractivity contribution in [2.75, 3.05) is 12.4 Å². The molecule has 2 rings (SSSR count). The molecule has 0 spiro atoms. The average molecular weight is 308 g/mol. The molecule has 1 aromatic carbocycles. The van der Waals surface area contributed by atoms with E-state index in [0.29, 0.717) is 31.3 Å². The molecule has 116 valence electrons. The largest absolute Gasteiger partial charge is 0.337 e. The van der Waals surface area contributed by atoms with Crippen LogP contribution in [0.3, 0.4) is 0 Å². The molecule has 2 nitrogen and oxygen atoms in total. The van der Waals surface area contributed by atoms with Crippen molar-refractivity contribution in [2.24, 2.45) is 5.92 Å². The molecule has 0 aromatic heterocycles. The van der Waals surface area contributed by atoms with E-state index in [9.17, 15) is 4.79 Å². The Kier molecular flexibility index (Phi) is 7.08. The predicted octanol–water partition coefficient (Wildman–Crippen LogP) is 4.61. The molecule has 0 atom stereocenters. The van der Waals surface area contributed by atoms with E-state index in [1.165, 1.54) is 44.1 Å². The number of rotatable bonds is 6. The average Bonchev–Trinajstić information content (AvgIpc) is 2.76. The molecule has 0 saturated heterocycles. The predicted molar refractivity (Wildman–Crippen MR) is 88.4 cm³/mol. The molecule has 1 aliphatic carbocycles. The first-order valence-corrected chi connectivity index (χ1v) is 8.70. The number of amides is 1. The van der Waals surface area contributed by atoms with Crippen molar-refractivity contribution in [3.63, 3.8) is 0 Å². The smallest absolute Gasteiger partial charge is 0.223 e. The zero-order valence-electron chi connectivity index (χ0n) is 12.8. The molecule has 21 heavy (non-hydrogen) atoms. The molecule has 3 heteroatoms. The van der Waals surface area contributed by atoms with Gasteiger partial charge in [0, 0.05) is 25.4 Å². The summed E-state index contributed by atoms with van der Waals surface area (Å²) in [5.74, 6) is 1.35. The molecule has 1 fully saturated rings. The van der Waals surface area contributed by atoms with Crippen molar-refractivity contribution in [1.82, 2.24) is 4.90 Å². The van der Waals surface area contributed by atoms with Crippen LogP contribution in [0.15, 0.2) is 30.3 Å². The van der Waals surface area contributed by atoms with Crippen LogP contribution in [0, 0.1) is 5.92 Å². The molecule has 1 amide bonds. The van der Waals surface area contributed by atoms with Gasteiger partial charge in [-0.2, -0.15) is 0 Å². The van der Waals surface area contributed by atoms with Crippen LogP contribution in [0.2, 0.25) is 0 Å². The van der Waals surface area contributed by atoms with Crippen molar-refractivity contribution < 1.29 is 4.79 Å². The molecular weight excluding hydrogens is 282 g/mol. The van der Waals surface area contributed by atoms with Crippen LogP contribution in [-0.2, 0) is 11.3 Å². The lowest BCUT2D eigenvalue weighted by Gasteiger charge is -2.24. The van der Waals surface area contributed by atoms with E-state index in [1.54, 1.807) is 0 Å². The van der Waals surface area contributed by atoms with E-state index < -0.39 is 0 Å². The summed E-state index contributed by atoms with van der Waals surface area (Å²) < 4.78 is 0. The Morgan fingerprint density at radius 1 is 1.10 bits per heavy atom. The lowest BCUT2D eigenvalue weighted by molar-refractivity contribution is -0.132. The van der Waals surface area contributed by atoms with Gasteiger partial charge in [-0.05, 0) is 24.3 Å². The third kappa shape index (κ3) is 5.70. The highest BCUT2D eigenvalue weighted by molar-refractivity contribution is 6.18. The van der Waals surface area contributed by atoms with Crippen molar-refractivity contribution in [3.8, 4) is 0 Å². The molecule has 1 aromatic rings. The minimum atomic E-state index is 0.270. The van der Waals surface area contributed by atoms with Gasteiger partial charge in [0.25, 0.3) is 0 Å². The summed E-state index contributed by atoms with van der Waals surface area (Å²) in [5.41, 5.74) is 1.18. The van der Waals surface area contributed by atoms with Crippen molar-refractivity contribution in [1.29, 1.82) is 0 Å². The fourth-order valence-corrected chi connectivity index (χ4v) is 3.35. The number of hydrogen-bond donors (Lipinski definition) is 0. The van der Waals surface area contributed by atoms with Crippen LogP contribution in [0.5, 0.6) is 0 Å². The molecule has 0 aliphatic heterocycles. The van der Waals surface area contributed by atoms with E-state index in [1.807, 2.05) is 23.1 Å². The molecule has 1 saturated carbocycles. The van der Waals surface area contributed by atoms with Crippen LogP contribution in [0.4, 0.5) is 0 Å². The summed E-state index contributed by atoms with van der Waals surface area (Å²) in [6.45, 7) is 1.32. The van der Waals surface area contributed by atoms with Gasteiger partial charge in [0.1, 0.15) is 0 Å². The summed E-state index contributed by atoms with van der Waals surface area (Å²) >= 11 is 5.88. The molecule has 0 bridgehead atoms. The van der Waals surface area contributed by atoms with Gasteiger partial charge in [-0.1, -0.05) is 56.0 Å². The SMILES string of the molecule is O=C(CC1CCCCCC1)N(CCCl)Cc1ccccc1. The highest BCUT2D eigenvalue weighted by Gasteiger charge is 2.20. The maximum absolute atomic E-state index is 12.6. The van der Waals surface area contributed by atoms with Gasteiger partial charge in [-0.15, -0.1) is 11.6 Å². The Morgan fingerprint density at radius 3 is 2.38 bits per heavy atom. The number of hydrogen-bond acceptors (Lipinski definition) is 1. The number of carbonyl (C=O) groups excluding carboxylic acids is 1. The third-order valence-corrected chi connectivity index (χ3v) is 4.53. The van der Waals surface area contributed by atoms with Gasteiger partial charge in [-0.3, -0.25) is 4.79 Å². The second kappa shape index (κ2) is 9.09. The summed E-state index contributed by atoms with van der Waals surface area (Å²) in [6.07, 6.45) is 8.36. The van der Waals surface area contributed by atoms with Crippen molar-refractivity contribution in [3.05, 3.63) is 35.9 Å². The second-order valence-electron chi connectivity index (χ2n) is 6.05. The molecule has 0 heterocycles. The zero-order chi connectivity index (χ0) is 14.9. The Morgan fingerprint density at radius 2 is 1.76 bits per heavy atom. The van der Waals surface area contributed by atoms with Crippen LogP contribution >= 0.6 is 11.6 Å². The maximum atomic E-state index is 12.6. The van der Waals surface area contributed by atoms with Crippen LogP contribution in [-0.4, -0.2) is 23.2 Å². The molecule has 1 aliphatic rings. The van der Waals surface area contributed by atoms with Gasteiger partial charge >= 0.3 is 0 Å². The summed E-state index contributed by atoms with van der Waals surface area (Å²) in [7, 11) is 0. The van der Waals surface area contributed by atoms with Crippen molar-refractivity contribution in [2.45, 2.75) is 51.5 Å². The minimum Gasteiger partial charge on any atom is -0.337 e. The molecule has 0 radical (unpaired) electrons. The van der Waals surface area contributed by atoms with Crippen LogP contribution in [0.25, 0.3) is 0 Å². The molecule has 0 unspecified atom stereocenters. The van der Waals surface area contributed by atoms with E-state index in [2.05, 4.69) is 12.1 Å². The monoisotopic (exact) mass is 307 g/mol. The summed E-state index contributed by atoms with van der Waals surface area (Å²) in [5, 5.41) is 0. The van der Waals surface area contributed by atoms with Gasteiger partial charge in [0.05, 0.1) is 0 Å². The number of carbonyl (C=O) groups is 1. The van der Waals surface area contributed by atoms with Gasteiger partial charge < -0.3 is 4.90 Å². The first-order chi connectivity index (χ1) is 10.3. The highest BCUT2D eigenvalue weighted by Crippen LogP contribution is 2.26. The molecular formula is C18H26ClNO. The number of halogens is 1. The van der Waals surface area contributed by atoms with Gasteiger partial charge in [0.15, 0.2) is 0 Å². The number of nitrogens with zero attached hydrogens (tertiary/aromatic N) is 1. The van der Waals surface area contributed by atoms with E-state index in [4.69, 9.17) is 11.6 Å².